The molecule has 0 saturated carbocycles. The van der Waals surface area contributed by atoms with Crippen LogP contribution in [0.3, 0.4) is 0 Å². The second-order valence-electron chi connectivity index (χ2n) is 8.14. The number of rotatable bonds is 6. The van der Waals surface area contributed by atoms with Crippen molar-refractivity contribution >= 4 is 15.5 Å². The zero-order chi connectivity index (χ0) is 24.3. The maximum Gasteiger partial charge on any atom is 0.573 e. The molecular weight excluding hydrogens is 467 g/mol. The molecule has 0 N–H and O–H groups in total. The van der Waals surface area contributed by atoms with E-state index in [0.29, 0.717) is 48.7 Å². The zero-order valence-corrected chi connectivity index (χ0v) is 19.3. The van der Waals surface area contributed by atoms with Gasteiger partial charge in [-0.15, -0.1) is 13.2 Å². The van der Waals surface area contributed by atoms with E-state index in [0.717, 1.165) is 5.56 Å². The maximum atomic E-state index is 13.3. The summed E-state index contributed by atoms with van der Waals surface area (Å²) in [5.41, 5.74) is 3.26. The third-order valence-electron chi connectivity index (χ3n) is 5.50. The van der Waals surface area contributed by atoms with Crippen molar-refractivity contribution in [1.29, 1.82) is 0 Å². The third-order valence-corrected chi connectivity index (χ3v) is 7.17. The van der Waals surface area contributed by atoms with Crippen LogP contribution in [0.5, 0.6) is 5.75 Å². The monoisotopic (exact) mass is 491 g/mol. The molecule has 0 aliphatic carbocycles. The van der Waals surface area contributed by atoms with Gasteiger partial charge < -0.3 is 14.4 Å². The molecule has 5 nitrogen and oxygen atoms in total. The summed E-state index contributed by atoms with van der Waals surface area (Å²) >= 11 is 0. The fourth-order valence-corrected chi connectivity index (χ4v) is 5.20. The number of alkyl halides is 3. The average Bonchev–Trinajstić information content (AvgIpc) is 2.80. The molecule has 1 saturated heterocycles. The Balaban J connectivity index is 1.75. The SMILES string of the molecule is Cc1ccc(CS(=O)(=O)c2cc(-c3cccc(OC(F)(F)F)c3)cc(N3CCOCC3)c2)cc1. The number of aryl methyl sites for hydroxylation is 1. The molecule has 1 aliphatic rings. The number of anilines is 1. The molecule has 1 aliphatic heterocycles. The fraction of sp³-hybridized carbons (Fsp3) is 0.280. The number of hydrogen-bond donors (Lipinski definition) is 0. The Hall–Kier alpha value is -3.04. The summed E-state index contributed by atoms with van der Waals surface area (Å²) in [6.07, 6.45) is -4.82. The van der Waals surface area contributed by atoms with Crippen molar-refractivity contribution in [2.45, 2.75) is 23.9 Å². The van der Waals surface area contributed by atoms with E-state index in [9.17, 15) is 21.6 Å². The van der Waals surface area contributed by atoms with Gasteiger partial charge >= 0.3 is 6.36 Å². The minimum Gasteiger partial charge on any atom is -0.406 e. The first-order valence-corrected chi connectivity index (χ1v) is 12.4. The van der Waals surface area contributed by atoms with E-state index in [-0.39, 0.29) is 16.4 Å². The van der Waals surface area contributed by atoms with Crippen LogP contribution in [0.2, 0.25) is 0 Å². The Bertz CT molecular complexity index is 1250. The van der Waals surface area contributed by atoms with Gasteiger partial charge in [-0.05, 0) is 53.9 Å². The lowest BCUT2D eigenvalue weighted by Gasteiger charge is -2.29. The van der Waals surface area contributed by atoms with Crippen LogP contribution < -0.4 is 9.64 Å². The Morgan fingerprint density at radius 2 is 1.65 bits per heavy atom. The Morgan fingerprint density at radius 1 is 0.941 bits per heavy atom. The van der Waals surface area contributed by atoms with Gasteiger partial charge in [0, 0.05) is 18.8 Å². The minimum absolute atomic E-state index is 0.106. The third kappa shape index (κ3) is 6.09. The van der Waals surface area contributed by atoms with Crippen molar-refractivity contribution in [2.75, 3.05) is 31.2 Å². The number of hydrogen-bond acceptors (Lipinski definition) is 5. The second-order valence-corrected chi connectivity index (χ2v) is 10.1. The van der Waals surface area contributed by atoms with E-state index in [2.05, 4.69) is 4.74 Å². The van der Waals surface area contributed by atoms with Crippen molar-refractivity contribution in [3.05, 3.63) is 77.9 Å². The molecule has 0 aromatic heterocycles. The normalized spacial score (nSPS) is 14.8. The van der Waals surface area contributed by atoms with Crippen LogP contribution in [0.25, 0.3) is 11.1 Å². The van der Waals surface area contributed by atoms with Crippen LogP contribution in [-0.2, 0) is 20.3 Å². The molecular formula is C25H24F3NO4S. The van der Waals surface area contributed by atoms with E-state index in [1.165, 1.54) is 24.3 Å². The topological polar surface area (TPSA) is 55.8 Å². The van der Waals surface area contributed by atoms with Crippen LogP contribution in [-0.4, -0.2) is 41.1 Å². The molecule has 34 heavy (non-hydrogen) atoms. The average molecular weight is 492 g/mol. The first-order chi connectivity index (χ1) is 16.1. The molecule has 0 radical (unpaired) electrons. The summed E-state index contributed by atoms with van der Waals surface area (Å²) in [7, 11) is -3.73. The van der Waals surface area contributed by atoms with Gasteiger partial charge in [0.25, 0.3) is 0 Å². The highest BCUT2D eigenvalue weighted by atomic mass is 32.2. The van der Waals surface area contributed by atoms with Crippen LogP contribution in [0, 0.1) is 6.92 Å². The molecule has 0 bridgehead atoms. The number of benzene rings is 3. The summed E-state index contributed by atoms with van der Waals surface area (Å²) in [4.78, 5) is 2.11. The van der Waals surface area contributed by atoms with Gasteiger partial charge in [-0.1, -0.05) is 42.0 Å². The number of morpholine rings is 1. The van der Waals surface area contributed by atoms with Crippen molar-refractivity contribution < 1.29 is 31.1 Å². The van der Waals surface area contributed by atoms with E-state index in [1.807, 2.05) is 24.0 Å². The highest BCUT2D eigenvalue weighted by molar-refractivity contribution is 7.90. The van der Waals surface area contributed by atoms with Crippen molar-refractivity contribution in [1.82, 2.24) is 0 Å². The fourth-order valence-electron chi connectivity index (χ4n) is 3.79. The first-order valence-electron chi connectivity index (χ1n) is 10.7. The second kappa shape index (κ2) is 9.68. The van der Waals surface area contributed by atoms with Gasteiger partial charge in [0.15, 0.2) is 9.84 Å². The van der Waals surface area contributed by atoms with Gasteiger partial charge in [0.1, 0.15) is 5.75 Å². The molecule has 1 heterocycles. The smallest absolute Gasteiger partial charge is 0.406 e. The molecule has 4 rings (SSSR count). The predicted octanol–water partition coefficient (Wildman–Crippen LogP) is 5.37. The quantitative estimate of drug-likeness (QED) is 0.464. The predicted molar refractivity (Wildman–Crippen MR) is 124 cm³/mol. The summed E-state index contributed by atoms with van der Waals surface area (Å²) in [5.74, 6) is -0.554. The number of halogens is 3. The van der Waals surface area contributed by atoms with Crippen molar-refractivity contribution in [3.63, 3.8) is 0 Å². The van der Waals surface area contributed by atoms with Gasteiger partial charge in [0.05, 0.1) is 23.9 Å². The molecule has 1 fully saturated rings. The molecule has 9 heteroatoms. The van der Waals surface area contributed by atoms with Crippen molar-refractivity contribution in [3.8, 4) is 16.9 Å². The molecule has 0 atom stereocenters. The van der Waals surface area contributed by atoms with Crippen molar-refractivity contribution in [2.24, 2.45) is 0 Å². The van der Waals surface area contributed by atoms with E-state index in [1.54, 1.807) is 30.3 Å². The Kier molecular flexibility index (Phi) is 6.86. The summed E-state index contributed by atoms with van der Waals surface area (Å²) in [6.45, 7) is 4.10. The number of nitrogens with zero attached hydrogens (tertiary/aromatic N) is 1. The van der Waals surface area contributed by atoms with Crippen LogP contribution in [0.1, 0.15) is 11.1 Å². The van der Waals surface area contributed by atoms with E-state index >= 15 is 0 Å². The maximum absolute atomic E-state index is 13.3. The minimum atomic E-state index is -4.82. The Labute approximate surface area is 196 Å². The molecule has 0 amide bonds. The van der Waals surface area contributed by atoms with Gasteiger partial charge in [0.2, 0.25) is 0 Å². The number of ether oxygens (including phenoxy) is 2. The lowest BCUT2D eigenvalue weighted by Crippen LogP contribution is -2.36. The molecule has 180 valence electrons. The summed E-state index contributed by atoms with van der Waals surface area (Å²) < 4.78 is 74.3. The molecule has 0 spiro atoms. The lowest BCUT2D eigenvalue weighted by atomic mass is 10.0. The summed E-state index contributed by atoms with van der Waals surface area (Å²) in [5, 5.41) is 0. The van der Waals surface area contributed by atoms with E-state index < -0.39 is 16.2 Å². The van der Waals surface area contributed by atoms with Gasteiger partial charge in [-0.3, -0.25) is 0 Å². The van der Waals surface area contributed by atoms with Gasteiger partial charge in [-0.2, -0.15) is 0 Å². The standard InChI is InChI=1S/C25H24F3NO4S/c1-18-5-7-19(8-6-18)17-34(30,31)24-15-21(13-22(16-24)29-9-11-32-12-10-29)20-3-2-4-23(14-20)33-25(26,27)28/h2-8,13-16H,9-12,17H2,1H3. The van der Waals surface area contributed by atoms with Gasteiger partial charge in [-0.25, -0.2) is 8.42 Å². The molecule has 0 unspecified atom stereocenters. The number of sulfone groups is 1. The summed E-state index contributed by atoms with van der Waals surface area (Å²) in [6, 6.07) is 17.7. The van der Waals surface area contributed by atoms with Crippen LogP contribution >= 0.6 is 0 Å². The molecule has 3 aromatic rings. The highest BCUT2D eigenvalue weighted by Crippen LogP contribution is 2.33. The largest absolute Gasteiger partial charge is 0.573 e. The highest BCUT2D eigenvalue weighted by Gasteiger charge is 2.31. The zero-order valence-electron chi connectivity index (χ0n) is 18.5. The Morgan fingerprint density at radius 3 is 2.32 bits per heavy atom. The lowest BCUT2D eigenvalue weighted by molar-refractivity contribution is -0.274. The first kappa shape index (κ1) is 24.1. The van der Waals surface area contributed by atoms with Crippen LogP contribution in [0.4, 0.5) is 18.9 Å². The molecule has 3 aromatic carbocycles. The van der Waals surface area contributed by atoms with E-state index in [4.69, 9.17) is 4.74 Å². The van der Waals surface area contributed by atoms with Crippen LogP contribution in [0.15, 0.2) is 71.6 Å².